The SMILES string of the molecule is CCN(Cc1ccc(F)cc1Cl)c1ccc(N)cc1. The number of nitrogens with two attached hydrogens (primary N) is 1. The largest absolute Gasteiger partial charge is 0.399 e. The molecule has 0 saturated carbocycles. The van der Waals surface area contributed by atoms with Gasteiger partial charge in [0.15, 0.2) is 0 Å². The van der Waals surface area contributed by atoms with E-state index in [2.05, 4.69) is 11.8 Å². The van der Waals surface area contributed by atoms with E-state index in [1.165, 1.54) is 12.1 Å². The van der Waals surface area contributed by atoms with E-state index >= 15 is 0 Å². The van der Waals surface area contributed by atoms with Gasteiger partial charge in [-0.3, -0.25) is 0 Å². The first kappa shape index (κ1) is 13.7. The summed E-state index contributed by atoms with van der Waals surface area (Å²) in [5.74, 6) is -0.315. The Morgan fingerprint density at radius 1 is 1.16 bits per heavy atom. The van der Waals surface area contributed by atoms with Gasteiger partial charge >= 0.3 is 0 Å². The van der Waals surface area contributed by atoms with Gasteiger partial charge in [-0.2, -0.15) is 0 Å². The maximum atomic E-state index is 13.0. The van der Waals surface area contributed by atoms with Crippen LogP contribution in [0.3, 0.4) is 0 Å². The van der Waals surface area contributed by atoms with E-state index in [0.29, 0.717) is 11.6 Å². The van der Waals surface area contributed by atoms with Crippen LogP contribution in [-0.2, 0) is 6.54 Å². The second kappa shape index (κ2) is 5.93. The Hall–Kier alpha value is -1.74. The Labute approximate surface area is 117 Å². The van der Waals surface area contributed by atoms with Crippen LogP contribution < -0.4 is 10.6 Å². The minimum absolute atomic E-state index is 0.315. The van der Waals surface area contributed by atoms with Crippen molar-refractivity contribution >= 4 is 23.0 Å². The zero-order valence-corrected chi connectivity index (χ0v) is 11.5. The van der Waals surface area contributed by atoms with Crippen LogP contribution in [0.25, 0.3) is 0 Å². The summed E-state index contributed by atoms with van der Waals surface area (Å²) in [7, 11) is 0. The topological polar surface area (TPSA) is 29.3 Å². The van der Waals surface area contributed by atoms with Gasteiger partial charge in [0, 0.05) is 29.5 Å². The predicted octanol–water partition coefficient (Wildman–Crippen LogP) is 4.09. The summed E-state index contributed by atoms with van der Waals surface area (Å²) in [5, 5.41) is 0.453. The van der Waals surface area contributed by atoms with E-state index in [4.69, 9.17) is 17.3 Å². The van der Waals surface area contributed by atoms with E-state index < -0.39 is 0 Å². The first-order valence-electron chi connectivity index (χ1n) is 6.14. The minimum atomic E-state index is -0.315. The lowest BCUT2D eigenvalue weighted by molar-refractivity contribution is 0.627. The van der Waals surface area contributed by atoms with Crippen molar-refractivity contribution < 1.29 is 4.39 Å². The maximum Gasteiger partial charge on any atom is 0.124 e. The number of rotatable bonds is 4. The Morgan fingerprint density at radius 2 is 1.84 bits per heavy atom. The molecule has 0 spiro atoms. The normalized spacial score (nSPS) is 10.5. The van der Waals surface area contributed by atoms with E-state index in [0.717, 1.165) is 23.5 Å². The molecule has 0 aliphatic carbocycles. The predicted molar refractivity (Wildman–Crippen MR) is 79.0 cm³/mol. The zero-order chi connectivity index (χ0) is 13.8. The van der Waals surface area contributed by atoms with Crippen molar-refractivity contribution in [2.75, 3.05) is 17.2 Å². The van der Waals surface area contributed by atoms with Crippen LogP contribution in [0, 0.1) is 5.82 Å². The smallest absolute Gasteiger partial charge is 0.124 e. The quantitative estimate of drug-likeness (QED) is 0.854. The third-order valence-electron chi connectivity index (χ3n) is 3.02. The molecular weight excluding hydrogens is 263 g/mol. The molecule has 2 aromatic rings. The molecule has 2 nitrogen and oxygen atoms in total. The number of halogens is 2. The van der Waals surface area contributed by atoms with Gasteiger partial charge in [0.25, 0.3) is 0 Å². The summed E-state index contributed by atoms with van der Waals surface area (Å²) >= 11 is 6.06. The number of anilines is 2. The summed E-state index contributed by atoms with van der Waals surface area (Å²) in [4.78, 5) is 2.15. The van der Waals surface area contributed by atoms with E-state index in [1.807, 2.05) is 24.3 Å². The fraction of sp³-hybridized carbons (Fsp3) is 0.200. The highest BCUT2D eigenvalue weighted by Crippen LogP contribution is 2.23. The van der Waals surface area contributed by atoms with Crippen molar-refractivity contribution in [2.24, 2.45) is 0 Å². The van der Waals surface area contributed by atoms with Crippen LogP contribution in [0.4, 0.5) is 15.8 Å². The molecule has 19 heavy (non-hydrogen) atoms. The van der Waals surface area contributed by atoms with Crippen LogP contribution in [0.1, 0.15) is 12.5 Å². The van der Waals surface area contributed by atoms with Gasteiger partial charge in [-0.05, 0) is 48.9 Å². The molecule has 0 unspecified atom stereocenters. The Morgan fingerprint density at radius 3 is 2.42 bits per heavy atom. The van der Waals surface area contributed by atoms with Gasteiger partial charge in [0.1, 0.15) is 5.82 Å². The first-order valence-corrected chi connectivity index (χ1v) is 6.52. The van der Waals surface area contributed by atoms with Crippen molar-refractivity contribution in [3.05, 3.63) is 58.9 Å². The molecule has 0 bridgehead atoms. The highest BCUT2D eigenvalue weighted by Gasteiger charge is 2.08. The average molecular weight is 279 g/mol. The number of hydrogen-bond acceptors (Lipinski definition) is 2. The van der Waals surface area contributed by atoms with Crippen LogP contribution in [0.5, 0.6) is 0 Å². The third-order valence-corrected chi connectivity index (χ3v) is 3.37. The monoisotopic (exact) mass is 278 g/mol. The van der Waals surface area contributed by atoms with Crippen LogP contribution in [0.2, 0.25) is 5.02 Å². The van der Waals surface area contributed by atoms with Crippen molar-refractivity contribution in [2.45, 2.75) is 13.5 Å². The molecule has 2 N–H and O–H groups in total. The Bertz CT molecular complexity index is 555. The summed E-state index contributed by atoms with van der Waals surface area (Å²) in [6.07, 6.45) is 0. The maximum absolute atomic E-state index is 13.0. The van der Waals surface area contributed by atoms with E-state index in [9.17, 15) is 4.39 Å². The Balaban J connectivity index is 2.21. The highest BCUT2D eigenvalue weighted by molar-refractivity contribution is 6.31. The van der Waals surface area contributed by atoms with Crippen molar-refractivity contribution in [1.29, 1.82) is 0 Å². The molecule has 0 radical (unpaired) electrons. The third kappa shape index (κ3) is 3.38. The Kier molecular flexibility index (Phi) is 4.27. The van der Waals surface area contributed by atoms with Crippen molar-refractivity contribution in [3.8, 4) is 0 Å². The fourth-order valence-corrected chi connectivity index (χ4v) is 2.15. The lowest BCUT2D eigenvalue weighted by Crippen LogP contribution is -2.22. The van der Waals surface area contributed by atoms with Crippen LogP contribution in [0.15, 0.2) is 42.5 Å². The molecule has 0 amide bonds. The van der Waals surface area contributed by atoms with E-state index in [-0.39, 0.29) is 5.82 Å². The second-order valence-electron chi connectivity index (χ2n) is 4.34. The van der Waals surface area contributed by atoms with Crippen LogP contribution in [-0.4, -0.2) is 6.54 Å². The zero-order valence-electron chi connectivity index (χ0n) is 10.7. The van der Waals surface area contributed by atoms with Gasteiger partial charge in [-0.25, -0.2) is 4.39 Å². The van der Waals surface area contributed by atoms with Crippen LogP contribution >= 0.6 is 11.6 Å². The minimum Gasteiger partial charge on any atom is -0.399 e. The van der Waals surface area contributed by atoms with Crippen molar-refractivity contribution in [1.82, 2.24) is 0 Å². The number of benzene rings is 2. The molecule has 0 aliphatic rings. The van der Waals surface area contributed by atoms with Crippen molar-refractivity contribution in [3.63, 3.8) is 0 Å². The van der Waals surface area contributed by atoms with E-state index in [1.54, 1.807) is 6.07 Å². The molecule has 0 aromatic heterocycles. The second-order valence-corrected chi connectivity index (χ2v) is 4.75. The van der Waals surface area contributed by atoms with Gasteiger partial charge in [-0.15, -0.1) is 0 Å². The summed E-state index contributed by atoms with van der Waals surface area (Å²) < 4.78 is 13.0. The number of hydrogen-bond donors (Lipinski definition) is 1. The molecular formula is C15H16ClFN2. The summed E-state index contributed by atoms with van der Waals surface area (Å²) in [6, 6.07) is 12.2. The molecule has 0 heterocycles. The molecule has 0 saturated heterocycles. The number of nitrogens with zero attached hydrogens (tertiary/aromatic N) is 1. The molecule has 4 heteroatoms. The number of nitrogen functional groups attached to an aromatic ring is 1. The standard InChI is InChI=1S/C15H16ClFN2/c1-2-19(14-7-5-13(18)6-8-14)10-11-3-4-12(17)9-15(11)16/h3-9H,2,10,18H2,1H3. The molecule has 2 aromatic carbocycles. The lowest BCUT2D eigenvalue weighted by atomic mass is 10.2. The summed E-state index contributed by atoms with van der Waals surface area (Å²) in [6.45, 7) is 3.53. The molecule has 100 valence electrons. The summed E-state index contributed by atoms with van der Waals surface area (Å²) in [5.41, 5.74) is 8.39. The fourth-order valence-electron chi connectivity index (χ4n) is 1.93. The highest BCUT2D eigenvalue weighted by atomic mass is 35.5. The average Bonchev–Trinajstić information content (AvgIpc) is 2.39. The van der Waals surface area contributed by atoms with Gasteiger partial charge in [-0.1, -0.05) is 17.7 Å². The first-order chi connectivity index (χ1) is 9.10. The molecule has 0 fully saturated rings. The van der Waals surface area contributed by atoms with Gasteiger partial charge in [0.05, 0.1) is 0 Å². The lowest BCUT2D eigenvalue weighted by Gasteiger charge is -2.24. The molecule has 0 aliphatic heterocycles. The van der Waals surface area contributed by atoms with Gasteiger partial charge in [0.2, 0.25) is 0 Å². The molecule has 0 atom stereocenters. The van der Waals surface area contributed by atoms with Gasteiger partial charge < -0.3 is 10.6 Å². The molecule has 2 rings (SSSR count).